The van der Waals surface area contributed by atoms with Crippen LogP contribution in [0.25, 0.3) is 11.4 Å². The summed E-state index contributed by atoms with van der Waals surface area (Å²) < 4.78 is 0. The van der Waals surface area contributed by atoms with Crippen molar-refractivity contribution in [1.29, 1.82) is 0 Å². The van der Waals surface area contributed by atoms with Gasteiger partial charge in [-0.2, -0.15) is 9.97 Å². The van der Waals surface area contributed by atoms with Crippen LogP contribution in [0.15, 0.2) is 23.4 Å². The summed E-state index contributed by atoms with van der Waals surface area (Å²) >= 11 is 7.58. The number of rotatable bonds is 2. The summed E-state index contributed by atoms with van der Waals surface area (Å²) in [6, 6.07) is 5.71. The van der Waals surface area contributed by atoms with Crippen molar-refractivity contribution in [2.75, 3.05) is 12.0 Å². The van der Waals surface area contributed by atoms with Crippen LogP contribution >= 0.6 is 23.4 Å². The van der Waals surface area contributed by atoms with Crippen LogP contribution in [-0.4, -0.2) is 21.2 Å². The summed E-state index contributed by atoms with van der Waals surface area (Å²) in [5.74, 6) is 0.711. The summed E-state index contributed by atoms with van der Waals surface area (Å²) in [6.07, 6.45) is 1.88. The molecule has 0 aliphatic heterocycles. The molecule has 2 N–H and O–H groups in total. The van der Waals surface area contributed by atoms with Gasteiger partial charge in [0.2, 0.25) is 5.95 Å². The minimum atomic E-state index is 0.205. The minimum Gasteiger partial charge on any atom is -0.368 e. The molecule has 0 saturated heterocycles. The lowest BCUT2D eigenvalue weighted by molar-refractivity contribution is 0.927. The molecule has 0 unspecified atom stereocenters. The van der Waals surface area contributed by atoms with E-state index in [9.17, 15) is 0 Å². The Balaban J connectivity index is 2.55. The molecule has 0 bridgehead atoms. The third kappa shape index (κ3) is 2.68. The second-order valence-corrected chi connectivity index (χ2v) is 4.67. The Morgan fingerprint density at radius 1 is 1.24 bits per heavy atom. The first-order valence-corrected chi connectivity index (χ1v) is 6.52. The molecule has 2 aromatic rings. The number of nitrogens with two attached hydrogens (primary N) is 1. The van der Waals surface area contributed by atoms with Crippen molar-refractivity contribution in [1.82, 2.24) is 15.0 Å². The normalized spacial score (nSPS) is 10.5. The lowest BCUT2D eigenvalue weighted by Gasteiger charge is -2.05. The van der Waals surface area contributed by atoms with Crippen LogP contribution in [0.3, 0.4) is 0 Å². The fraction of sp³-hybridized carbons (Fsp3) is 0.182. The highest BCUT2D eigenvalue weighted by atomic mass is 35.5. The molecule has 0 atom stereocenters. The Morgan fingerprint density at radius 2 is 2.00 bits per heavy atom. The van der Waals surface area contributed by atoms with Crippen LogP contribution in [0.2, 0.25) is 5.02 Å². The molecule has 2 rings (SSSR count). The highest BCUT2D eigenvalue weighted by molar-refractivity contribution is 7.98. The summed E-state index contributed by atoms with van der Waals surface area (Å²) in [6.45, 7) is 1.98. The summed E-state index contributed by atoms with van der Waals surface area (Å²) in [5, 5.41) is 1.20. The van der Waals surface area contributed by atoms with E-state index in [2.05, 4.69) is 15.0 Å². The van der Waals surface area contributed by atoms with Gasteiger partial charge < -0.3 is 5.73 Å². The van der Waals surface area contributed by atoms with Crippen LogP contribution < -0.4 is 5.73 Å². The van der Waals surface area contributed by atoms with Crippen molar-refractivity contribution in [3.63, 3.8) is 0 Å². The predicted molar refractivity (Wildman–Crippen MR) is 71.2 cm³/mol. The molecule has 17 heavy (non-hydrogen) atoms. The summed E-state index contributed by atoms with van der Waals surface area (Å²) in [5.41, 5.74) is 7.49. The van der Waals surface area contributed by atoms with Crippen LogP contribution in [-0.2, 0) is 0 Å². The monoisotopic (exact) mass is 266 g/mol. The predicted octanol–water partition coefficient (Wildman–Crippen LogP) is 2.80. The topological polar surface area (TPSA) is 64.7 Å². The number of benzene rings is 1. The summed E-state index contributed by atoms with van der Waals surface area (Å²) in [7, 11) is 0. The van der Waals surface area contributed by atoms with Crippen molar-refractivity contribution in [2.24, 2.45) is 0 Å². The Hall–Kier alpha value is -1.33. The zero-order valence-corrected chi connectivity index (χ0v) is 11.0. The molecule has 4 nitrogen and oxygen atoms in total. The standard InChI is InChI=1S/C11H11ClN4S/c1-6-3-4-7(8(12)5-6)9-14-10(13)16-11(15-9)17-2/h3-5H,1-2H3,(H2,13,14,15,16). The molecule has 1 heterocycles. The summed E-state index contributed by atoms with van der Waals surface area (Å²) in [4.78, 5) is 12.4. The van der Waals surface area contributed by atoms with Gasteiger partial charge in [0.15, 0.2) is 11.0 Å². The maximum atomic E-state index is 6.16. The lowest BCUT2D eigenvalue weighted by atomic mass is 10.1. The van der Waals surface area contributed by atoms with E-state index >= 15 is 0 Å². The van der Waals surface area contributed by atoms with E-state index < -0.39 is 0 Å². The second-order valence-electron chi connectivity index (χ2n) is 3.49. The number of aromatic nitrogens is 3. The zero-order valence-electron chi connectivity index (χ0n) is 9.44. The molecule has 88 valence electrons. The van der Waals surface area contributed by atoms with Gasteiger partial charge in [-0.15, -0.1) is 0 Å². The average molecular weight is 267 g/mol. The number of anilines is 1. The molecule has 0 saturated carbocycles. The first-order chi connectivity index (χ1) is 8.10. The molecular weight excluding hydrogens is 256 g/mol. The van der Waals surface area contributed by atoms with Crippen molar-refractivity contribution in [2.45, 2.75) is 12.1 Å². The minimum absolute atomic E-state index is 0.205. The number of hydrogen-bond donors (Lipinski definition) is 1. The van der Waals surface area contributed by atoms with Gasteiger partial charge in [-0.3, -0.25) is 0 Å². The smallest absolute Gasteiger partial charge is 0.224 e. The molecule has 0 fully saturated rings. The maximum Gasteiger partial charge on any atom is 0.224 e. The van der Waals surface area contributed by atoms with Gasteiger partial charge in [-0.25, -0.2) is 4.98 Å². The maximum absolute atomic E-state index is 6.16. The van der Waals surface area contributed by atoms with E-state index in [4.69, 9.17) is 17.3 Å². The van der Waals surface area contributed by atoms with E-state index in [0.29, 0.717) is 16.0 Å². The molecule has 0 amide bonds. The van der Waals surface area contributed by atoms with Gasteiger partial charge in [0.25, 0.3) is 0 Å². The number of thioether (sulfide) groups is 1. The van der Waals surface area contributed by atoms with E-state index in [1.54, 1.807) is 0 Å². The highest BCUT2D eigenvalue weighted by Crippen LogP contribution is 2.27. The quantitative estimate of drug-likeness (QED) is 0.847. The third-order valence-electron chi connectivity index (χ3n) is 2.18. The number of hydrogen-bond acceptors (Lipinski definition) is 5. The Bertz CT molecular complexity index is 559. The number of nitrogens with zero attached hydrogens (tertiary/aromatic N) is 3. The Labute approximate surface area is 109 Å². The number of aryl methyl sites for hydroxylation is 1. The van der Waals surface area contributed by atoms with Crippen molar-refractivity contribution < 1.29 is 0 Å². The van der Waals surface area contributed by atoms with Gasteiger partial charge in [0, 0.05) is 5.56 Å². The van der Waals surface area contributed by atoms with Crippen molar-refractivity contribution in [3.05, 3.63) is 28.8 Å². The largest absolute Gasteiger partial charge is 0.368 e. The van der Waals surface area contributed by atoms with Crippen molar-refractivity contribution >= 4 is 29.3 Å². The fourth-order valence-electron chi connectivity index (χ4n) is 1.39. The molecule has 1 aromatic heterocycles. The number of nitrogen functional groups attached to an aromatic ring is 1. The van der Waals surface area contributed by atoms with Crippen LogP contribution in [0.1, 0.15) is 5.56 Å². The van der Waals surface area contributed by atoms with Gasteiger partial charge >= 0.3 is 0 Å². The van der Waals surface area contributed by atoms with Gasteiger partial charge in [-0.1, -0.05) is 29.4 Å². The molecule has 1 aromatic carbocycles. The Morgan fingerprint density at radius 3 is 2.65 bits per heavy atom. The van der Waals surface area contributed by atoms with Gasteiger partial charge in [0.1, 0.15) is 0 Å². The van der Waals surface area contributed by atoms with Crippen molar-refractivity contribution in [3.8, 4) is 11.4 Å². The second kappa shape index (κ2) is 4.89. The molecule has 6 heteroatoms. The molecule has 0 spiro atoms. The van der Waals surface area contributed by atoms with E-state index in [1.807, 2.05) is 31.4 Å². The fourth-order valence-corrected chi connectivity index (χ4v) is 2.07. The average Bonchev–Trinajstić information content (AvgIpc) is 2.28. The van der Waals surface area contributed by atoms with Gasteiger partial charge in [-0.05, 0) is 30.9 Å². The van der Waals surface area contributed by atoms with Crippen LogP contribution in [0, 0.1) is 6.92 Å². The molecule has 0 aliphatic rings. The number of halogens is 1. The third-order valence-corrected chi connectivity index (χ3v) is 3.04. The van der Waals surface area contributed by atoms with Crippen LogP contribution in [0.4, 0.5) is 5.95 Å². The SMILES string of the molecule is CSc1nc(N)nc(-c2ccc(C)cc2Cl)n1. The molecule has 0 aliphatic carbocycles. The first-order valence-electron chi connectivity index (χ1n) is 4.92. The molecular formula is C11H11ClN4S. The Kier molecular flexibility index (Phi) is 3.49. The highest BCUT2D eigenvalue weighted by Gasteiger charge is 2.09. The molecule has 0 radical (unpaired) electrons. The zero-order chi connectivity index (χ0) is 12.4. The van der Waals surface area contributed by atoms with E-state index in [1.165, 1.54) is 11.8 Å². The lowest BCUT2D eigenvalue weighted by Crippen LogP contribution is -2.01. The first kappa shape index (κ1) is 12.1. The van der Waals surface area contributed by atoms with E-state index in [-0.39, 0.29) is 5.95 Å². The van der Waals surface area contributed by atoms with E-state index in [0.717, 1.165) is 11.1 Å². The van der Waals surface area contributed by atoms with Gasteiger partial charge in [0.05, 0.1) is 5.02 Å². The van der Waals surface area contributed by atoms with Crippen LogP contribution in [0.5, 0.6) is 0 Å².